The van der Waals surface area contributed by atoms with Crippen LogP contribution >= 0.6 is 27.7 Å². The molecular weight excluding hydrogens is 340 g/mol. The minimum Gasteiger partial charge on any atom is -0.495 e. The van der Waals surface area contributed by atoms with E-state index in [1.54, 1.807) is 17.8 Å². The van der Waals surface area contributed by atoms with Crippen molar-refractivity contribution in [2.45, 2.75) is 4.90 Å². The number of thioether (sulfide) groups is 1. The number of nitrogens with two attached hydrogens (primary N) is 1. The van der Waals surface area contributed by atoms with Crippen LogP contribution in [0.5, 0.6) is 5.75 Å². The van der Waals surface area contributed by atoms with Crippen LogP contribution in [0.4, 0.5) is 5.69 Å². The van der Waals surface area contributed by atoms with Crippen LogP contribution in [0.25, 0.3) is 0 Å². The lowest BCUT2D eigenvalue weighted by Gasteiger charge is -2.12. The SMILES string of the molecule is COc1cc(Br)c(N)cc1S(=O)(=O)NCCSC. The van der Waals surface area contributed by atoms with Gasteiger partial charge in [0.1, 0.15) is 10.6 Å². The van der Waals surface area contributed by atoms with Crippen molar-refractivity contribution in [1.29, 1.82) is 0 Å². The molecule has 0 atom stereocenters. The van der Waals surface area contributed by atoms with Crippen molar-refractivity contribution < 1.29 is 13.2 Å². The molecule has 0 unspecified atom stereocenters. The van der Waals surface area contributed by atoms with E-state index in [2.05, 4.69) is 20.7 Å². The Balaban J connectivity index is 3.11. The third-order valence-electron chi connectivity index (χ3n) is 2.17. The summed E-state index contributed by atoms with van der Waals surface area (Å²) in [5.41, 5.74) is 6.05. The first-order valence-electron chi connectivity index (χ1n) is 5.04. The fraction of sp³-hybridized carbons (Fsp3) is 0.400. The average Bonchev–Trinajstić information content (AvgIpc) is 2.32. The predicted octanol–water partition coefficient (Wildman–Crippen LogP) is 1.68. The van der Waals surface area contributed by atoms with Gasteiger partial charge >= 0.3 is 0 Å². The van der Waals surface area contributed by atoms with Gasteiger partial charge in [-0.05, 0) is 34.3 Å². The van der Waals surface area contributed by atoms with E-state index in [1.165, 1.54) is 13.2 Å². The second-order valence-corrected chi connectivity index (χ2v) is 6.99. The van der Waals surface area contributed by atoms with Gasteiger partial charge in [-0.15, -0.1) is 0 Å². The van der Waals surface area contributed by atoms with Gasteiger partial charge in [-0.3, -0.25) is 0 Å². The fourth-order valence-corrected chi connectivity index (χ4v) is 3.25. The molecule has 0 aliphatic carbocycles. The standard InChI is InChI=1S/C10H15BrN2O3S2/c1-16-9-5-7(11)8(12)6-10(9)18(14,15)13-3-4-17-2/h5-6,13H,3-4,12H2,1-2H3. The van der Waals surface area contributed by atoms with Gasteiger partial charge in [-0.25, -0.2) is 13.1 Å². The topological polar surface area (TPSA) is 81.4 Å². The molecule has 102 valence electrons. The molecule has 0 aromatic heterocycles. The van der Waals surface area contributed by atoms with Crippen LogP contribution in [-0.4, -0.2) is 34.1 Å². The first-order valence-corrected chi connectivity index (χ1v) is 8.71. The van der Waals surface area contributed by atoms with Gasteiger partial charge in [-0.2, -0.15) is 11.8 Å². The molecule has 1 aromatic carbocycles. The number of methoxy groups -OCH3 is 1. The molecule has 0 saturated heterocycles. The van der Waals surface area contributed by atoms with Gasteiger partial charge in [0.2, 0.25) is 10.0 Å². The smallest absolute Gasteiger partial charge is 0.244 e. The summed E-state index contributed by atoms with van der Waals surface area (Å²) in [5, 5.41) is 0. The van der Waals surface area contributed by atoms with E-state index in [0.717, 1.165) is 0 Å². The highest BCUT2D eigenvalue weighted by atomic mass is 79.9. The minimum atomic E-state index is -3.60. The van der Waals surface area contributed by atoms with Gasteiger partial charge in [0.05, 0.1) is 7.11 Å². The lowest BCUT2D eigenvalue weighted by molar-refractivity contribution is 0.402. The molecule has 3 N–H and O–H groups in total. The molecule has 1 rings (SSSR count). The molecule has 1 aromatic rings. The van der Waals surface area contributed by atoms with E-state index < -0.39 is 10.0 Å². The van der Waals surface area contributed by atoms with Gasteiger partial charge in [0.15, 0.2) is 0 Å². The molecule has 0 bridgehead atoms. The van der Waals surface area contributed by atoms with Crippen molar-refractivity contribution >= 4 is 43.4 Å². The number of rotatable bonds is 6. The van der Waals surface area contributed by atoms with Crippen molar-refractivity contribution in [2.24, 2.45) is 0 Å². The third kappa shape index (κ3) is 3.78. The molecule has 0 spiro atoms. The van der Waals surface area contributed by atoms with E-state index >= 15 is 0 Å². The number of nitrogen functional groups attached to an aromatic ring is 1. The number of benzene rings is 1. The Bertz CT molecular complexity index is 520. The maximum Gasteiger partial charge on any atom is 0.244 e. The number of hydrogen-bond donors (Lipinski definition) is 2. The molecule has 0 amide bonds. The van der Waals surface area contributed by atoms with Crippen LogP contribution in [0.2, 0.25) is 0 Å². The predicted molar refractivity (Wildman–Crippen MR) is 78.7 cm³/mol. The van der Waals surface area contributed by atoms with Crippen LogP contribution in [-0.2, 0) is 10.0 Å². The highest BCUT2D eigenvalue weighted by Crippen LogP contribution is 2.32. The molecule has 0 saturated carbocycles. The lowest BCUT2D eigenvalue weighted by atomic mass is 10.3. The fourth-order valence-electron chi connectivity index (χ4n) is 1.28. The number of hydrogen-bond acceptors (Lipinski definition) is 5. The molecule has 0 aliphatic rings. The average molecular weight is 355 g/mol. The van der Waals surface area contributed by atoms with Gasteiger partial charge in [0.25, 0.3) is 0 Å². The van der Waals surface area contributed by atoms with E-state index in [0.29, 0.717) is 22.5 Å². The van der Waals surface area contributed by atoms with Gasteiger partial charge in [-0.1, -0.05) is 0 Å². The van der Waals surface area contributed by atoms with E-state index in [4.69, 9.17) is 10.5 Å². The molecule has 0 heterocycles. The Morgan fingerprint density at radius 2 is 2.17 bits per heavy atom. The second kappa shape index (κ2) is 6.65. The van der Waals surface area contributed by atoms with Gasteiger partial charge in [0, 0.05) is 22.5 Å². The molecule has 0 radical (unpaired) electrons. The largest absolute Gasteiger partial charge is 0.495 e. The Morgan fingerprint density at radius 1 is 1.50 bits per heavy atom. The summed E-state index contributed by atoms with van der Waals surface area (Å²) >= 11 is 4.79. The van der Waals surface area contributed by atoms with E-state index in [9.17, 15) is 8.42 Å². The molecular formula is C10H15BrN2O3S2. The Labute approximate surface area is 120 Å². The summed E-state index contributed by atoms with van der Waals surface area (Å²) in [4.78, 5) is 0.0480. The summed E-state index contributed by atoms with van der Waals surface area (Å²) in [6, 6.07) is 2.92. The molecule has 18 heavy (non-hydrogen) atoms. The maximum absolute atomic E-state index is 12.1. The number of ether oxygens (including phenoxy) is 1. The summed E-state index contributed by atoms with van der Waals surface area (Å²) in [5.74, 6) is 0.959. The first-order chi connectivity index (χ1) is 8.42. The highest BCUT2D eigenvalue weighted by molar-refractivity contribution is 9.10. The Morgan fingerprint density at radius 3 is 2.72 bits per heavy atom. The molecule has 0 fully saturated rings. The van der Waals surface area contributed by atoms with Crippen molar-refractivity contribution in [3.8, 4) is 5.75 Å². The summed E-state index contributed by atoms with van der Waals surface area (Å²) < 4.78 is 32.3. The van der Waals surface area contributed by atoms with Crippen LogP contribution in [0, 0.1) is 0 Å². The van der Waals surface area contributed by atoms with Crippen LogP contribution in [0.15, 0.2) is 21.5 Å². The van der Waals surface area contributed by atoms with Crippen molar-refractivity contribution in [2.75, 3.05) is 31.4 Å². The Kier molecular flexibility index (Phi) is 5.77. The second-order valence-electron chi connectivity index (χ2n) is 3.42. The van der Waals surface area contributed by atoms with Gasteiger partial charge < -0.3 is 10.5 Å². The highest BCUT2D eigenvalue weighted by Gasteiger charge is 2.20. The molecule has 5 nitrogen and oxygen atoms in total. The maximum atomic E-state index is 12.1. The summed E-state index contributed by atoms with van der Waals surface area (Å²) in [6.07, 6.45) is 1.91. The summed E-state index contributed by atoms with van der Waals surface area (Å²) in [7, 11) is -2.19. The van der Waals surface area contributed by atoms with Crippen molar-refractivity contribution in [3.63, 3.8) is 0 Å². The third-order valence-corrected chi connectivity index (χ3v) is 4.95. The normalized spacial score (nSPS) is 11.5. The monoisotopic (exact) mass is 354 g/mol. The number of anilines is 1. The lowest BCUT2D eigenvalue weighted by Crippen LogP contribution is -2.26. The molecule has 8 heteroatoms. The number of sulfonamides is 1. The van der Waals surface area contributed by atoms with Crippen LogP contribution < -0.4 is 15.2 Å². The molecule has 0 aliphatic heterocycles. The summed E-state index contributed by atoms with van der Waals surface area (Å²) in [6.45, 7) is 0.364. The van der Waals surface area contributed by atoms with Crippen molar-refractivity contribution in [1.82, 2.24) is 4.72 Å². The Hall–Kier alpha value is -0.440. The zero-order valence-electron chi connectivity index (χ0n) is 10.1. The van der Waals surface area contributed by atoms with E-state index in [-0.39, 0.29) is 10.6 Å². The quantitative estimate of drug-likeness (QED) is 0.599. The van der Waals surface area contributed by atoms with Crippen LogP contribution in [0.3, 0.4) is 0 Å². The van der Waals surface area contributed by atoms with E-state index in [1.807, 2.05) is 6.26 Å². The zero-order chi connectivity index (χ0) is 13.8. The number of nitrogens with one attached hydrogen (secondary N) is 1. The van der Waals surface area contributed by atoms with Crippen LogP contribution in [0.1, 0.15) is 0 Å². The number of halogens is 1. The minimum absolute atomic E-state index is 0.0480. The zero-order valence-corrected chi connectivity index (χ0v) is 13.3. The first kappa shape index (κ1) is 15.6. The van der Waals surface area contributed by atoms with Crippen molar-refractivity contribution in [3.05, 3.63) is 16.6 Å².